The minimum Gasteiger partial charge on any atom is -0.497 e. The van der Waals surface area contributed by atoms with E-state index in [1.165, 1.54) is 7.11 Å². The average Bonchev–Trinajstić information content (AvgIpc) is 3.60. The molecule has 0 unspecified atom stereocenters. The van der Waals surface area contributed by atoms with Gasteiger partial charge in [-0.05, 0) is 29.8 Å². The molecule has 1 aromatic carbocycles. The number of aryl methyl sites for hydroxylation is 1. The molecule has 3 amide bonds. The van der Waals surface area contributed by atoms with Gasteiger partial charge in [0.05, 0.1) is 25.4 Å². The van der Waals surface area contributed by atoms with Gasteiger partial charge in [0.25, 0.3) is 5.91 Å². The smallest absolute Gasteiger partial charge is 0.254 e. The molecule has 1 fully saturated rings. The fourth-order valence-electron chi connectivity index (χ4n) is 4.84. The third-order valence-corrected chi connectivity index (χ3v) is 6.65. The molecule has 4 aromatic rings. The lowest BCUT2D eigenvalue weighted by Crippen LogP contribution is -2.46. The van der Waals surface area contributed by atoms with Crippen LogP contribution in [-0.4, -0.2) is 51.0 Å². The number of nitrogens with zero attached hydrogens (tertiary/aromatic N) is 4. The molecular weight excluding hydrogens is 450 g/mol. The Hall–Kier alpha value is -4.47. The predicted molar refractivity (Wildman–Crippen MR) is 123 cm³/mol. The summed E-state index contributed by atoms with van der Waals surface area (Å²) in [6, 6.07) is 10.6. The van der Waals surface area contributed by atoms with Crippen LogP contribution in [0.2, 0.25) is 0 Å². The van der Waals surface area contributed by atoms with Crippen LogP contribution < -0.4 is 10.1 Å². The number of rotatable bonds is 5. The quantitative estimate of drug-likeness (QED) is 0.443. The summed E-state index contributed by atoms with van der Waals surface area (Å²) in [6.07, 6.45) is 3.45. The molecule has 10 nitrogen and oxygen atoms in total. The Bertz CT molecular complexity index is 1540. The number of nitrogens with one attached hydrogen (secondary N) is 1. The number of benzene rings is 1. The monoisotopic (exact) mass is 471 g/mol. The number of methoxy groups -OCH3 is 1. The third kappa shape index (κ3) is 3.29. The summed E-state index contributed by atoms with van der Waals surface area (Å²) < 4.78 is 13.0. The Morgan fingerprint density at radius 1 is 1.17 bits per heavy atom. The average molecular weight is 471 g/mol. The first kappa shape index (κ1) is 21.1. The van der Waals surface area contributed by atoms with Crippen LogP contribution in [0.15, 0.2) is 53.2 Å². The van der Waals surface area contributed by atoms with Gasteiger partial charge in [0.1, 0.15) is 22.4 Å². The molecule has 3 aromatic heterocycles. The highest BCUT2D eigenvalue weighted by atomic mass is 16.5. The molecule has 2 aliphatic rings. The molecule has 35 heavy (non-hydrogen) atoms. The maximum absolute atomic E-state index is 13.2. The molecule has 10 heteroatoms. The molecule has 0 radical (unpaired) electrons. The van der Waals surface area contributed by atoms with Crippen molar-refractivity contribution in [2.45, 2.75) is 18.4 Å². The zero-order chi connectivity index (χ0) is 24.3. The summed E-state index contributed by atoms with van der Waals surface area (Å²) in [4.78, 5) is 44.9. The van der Waals surface area contributed by atoms with Crippen LogP contribution >= 0.6 is 0 Å². The molecule has 0 aliphatic carbocycles. The van der Waals surface area contributed by atoms with E-state index in [0.29, 0.717) is 40.4 Å². The summed E-state index contributed by atoms with van der Waals surface area (Å²) in [6.45, 7) is 0.320. The molecule has 0 spiro atoms. The van der Waals surface area contributed by atoms with E-state index in [2.05, 4.69) is 15.4 Å². The van der Waals surface area contributed by atoms with Gasteiger partial charge in [-0.1, -0.05) is 6.07 Å². The van der Waals surface area contributed by atoms with Crippen molar-refractivity contribution in [1.29, 1.82) is 0 Å². The number of amides is 3. The van der Waals surface area contributed by atoms with Crippen LogP contribution in [0.4, 0.5) is 0 Å². The van der Waals surface area contributed by atoms with Crippen molar-refractivity contribution >= 4 is 28.8 Å². The van der Waals surface area contributed by atoms with Gasteiger partial charge in [0.15, 0.2) is 5.58 Å². The minimum absolute atomic E-state index is 0.00428. The predicted octanol–water partition coefficient (Wildman–Crippen LogP) is 2.18. The van der Waals surface area contributed by atoms with Crippen LogP contribution in [-0.2, 0) is 28.6 Å². The minimum atomic E-state index is -1.35. The van der Waals surface area contributed by atoms with E-state index in [0.717, 1.165) is 11.1 Å². The maximum Gasteiger partial charge on any atom is 0.254 e. The molecule has 5 heterocycles. The number of hydrogen-bond donors (Lipinski definition) is 1. The molecule has 0 saturated carbocycles. The Morgan fingerprint density at radius 2 is 2.03 bits per heavy atom. The Morgan fingerprint density at radius 3 is 2.74 bits per heavy atom. The second kappa shape index (κ2) is 7.52. The first-order chi connectivity index (χ1) is 16.9. The van der Waals surface area contributed by atoms with Crippen molar-refractivity contribution in [1.82, 2.24) is 25.0 Å². The van der Waals surface area contributed by atoms with E-state index in [4.69, 9.17) is 9.15 Å². The van der Waals surface area contributed by atoms with Crippen molar-refractivity contribution in [3.8, 4) is 17.0 Å². The largest absolute Gasteiger partial charge is 0.497 e. The van der Waals surface area contributed by atoms with E-state index >= 15 is 0 Å². The van der Waals surface area contributed by atoms with Gasteiger partial charge in [0.2, 0.25) is 11.8 Å². The lowest BCUT2D eigenvalue weighted by atomic mass is 9.82. The topological polar surface area (TPSA) is 120 Å². The number of carbonyl (C=O) groups is 3. The van der Waals surface area contributed by atoms with Crippen LogP contribution in [0, 0.1) is 0 Å². The highest BCUT2D eigenvalue weighted by Crippen LogP contribution is 2.39. The zero-order valence-corrected chi connectivity index (χ0v) is 19.1. The Kier molecular flexibility index (Phi) is 4.53. The van der Waals surface area contributed by atoms with E-state index in [1.807, 2.05) is 25.4 Å². The second-order valence-corrected chi connectivity index (χ2v) is 8.91. The molecule has 2 aliphatic heterocycles. The van der Waals surface area contributed by atoms with E-state index in [9.17, 15) is 14.4 Å². The van der Waals surface area contributed by atoms with Crippen molar-refractivity contribution in [3.63, 3.8) is 0 Å². The molecule has 1 N–H and O–H groups in total. The summed E-state index contributed by atoms with van der Waals surface area (Å²) >= 11 is 0. The van der Waals surface area contributed by atoms with Crippen molar-refractivity contribution in [2.75, 3.05) is 13.7 Å². The van der Waals surface area contributed by atoms with Gasteiger partial charge in [-0.15, -0.1) is 0 Å². The van der Waals surface area contributed by atoms with Gasteiger partial charge in [-0.3, -0.25) is 24.4 Å². The second-order valence-electron chi connectivity index (χ2n) is 8.91. The van der Waals surface area contributed by atoms with Crippen LogP contribution in [0.25, 0.3) is 22.4 Å². The van der Waals surface area contributed by atoms with Gasteiger partial charge >= 0.3 is 0 Å². The molecule has 6 rings (SSSR count). The number of hydrogen-bond acceptors (Lipinski definition) is 7. The summed E-state index contributed by atoms with van der Waals surface area (Å²) in [5.74, 6) is -0.248. The summed E-state index contributed by atoms with van der Waals surface area (Å²) in [5.41, 5.74) is 2.59. The SMILES string of the molecule is COc1ccc2c(c1)C(=O)N(C[C@@]1(c3cc4nc(-c5cnn(C)c5)ccc4o3)CC(=O)NC1=O)C2. The number of furan rings is 1. The van der Waals surface area contributed by atoms with Gasteiger partial charge in [-0.25, -0.2) is 4.98 Å². The normalized spacial score (nSPS) is 19.5. The number of aromatic nitrogens is 3. The zero-order valence-electron chi connectivity index (χ0n) is 19.1. The van der Waals surface area contributed by atoms with Crippen LogP contribution in [0.3, 0.4) is 0 Å². The molecule has 1 atom stereocenters. The molecular formula is C25H21N5O5. The fourth-order valence-corrected chi connectivity index (χ4v) is 4.84. The van der Waals surface area contributed by atoms with Gasteiger partial charge in [-0.2, -0.15) is 5.10 Å². The van der Waals surface area contributed by atoms with E-state index < -0.39 is 17.2 Å². The fraction of sp³-hybridized carbons (Fsp3) is 0.240. The highest BCUT2D eigenvalue weighted by molar-refractivity contribution is 6.10. The summed E-state index contributed by atoms with van der Waals surface area (Å²) in [5, 5.41) is 6.57. The number of fused-ring (bicyclic) bond motifs is 2. The summed E-state index contributed by atoms with van der Waals surface area (Å²) in [7, 11) is 3.36. The first-order valence-corrected chi connectivity index (χ1v) is 11.1. The molecule has 176 valence electrons. The van der Waals surface area contributed by atoms with Crippen molar-refractivity contribution in [3.05, 3.63) is 65.7 Å². The van der Waals surface area contributed by atoms with Crippen molar-refractivity contribution < 1.29 is 23.5 Å². The molecule has 0 bridgehead atoms. The standard InChI is InChI=1S/C25H21N5O5/c1-29-11-15(10-26-29)18-5-6-20-19(27-18)8-21(35-20)25(9-22(31)28-24(25)33)13-30-12-14-3-4-16(34-2)7-17(14)23(30)32/h3-8,10-11H,9,12-13H2,1-2H3,(H,28,31,33)/t25-/m1/s1. The van der Waals surface area contributed by atoms with Gasteiger partial charge < -0.3 is 14.1 Å². The maximum atomic E-state index is 13.2. The van der Waals surface area contributed by atoms with Crippen LogP contribution in [0.5, 0.6) is 5.75 Å². The third-order valence-electron chi connectivity index (χ3n) is 6.65. The number of ether oxygens (including phenoxy) is 1. The number of imide groups is 1. The molecule has 1 saturated heterocycles. The van der Waals surface area contributed by atoms with Crippen LogP contribution in [0.1, 0.15) is 28.1 Å². The number of carbonyl (C=O) groups excluding carboxylic acids is 3. The Labute approximate surface area is 199 Å². The number of pyridine rings is 1. The van der Waals surface area contributed by atoms with E-state index in [1.54, 1.807) is 40.0 Å². The lowest BCUT2D eigenvalue weighted by molar-refractivity contribution is -0.127. The van der Waals surface area contributed by atoms with Gasteiger partial charge in [0, 0.05) is 43.5 Å². The highest BCUT2D eigenvalue weighted by Gasteiger charge is 2.53. The Balaban J connectivity index is 1.38. The van der Waals surface area contributed by atoms with E-state index in [-0.39, 0.29) is 18.9 Å². The van der Waals surface area contributed by atoms with Crippen molar-refractivity contribution in [2.24, 2.45) is 7.05 Å². The first-order valence-electron chi connectivity index (χ1n) is 11.1. The lowest BCUT2D eigenvalue weighted by Gasteiger charge is -2.28.